The summed E-state index contributed by atoms with van der Waals surface area (Å²) in [6.07, 6.45) is 2.06. The second-order valence-electron chi connectivity index (χ2n) is 3.46. The number of carboxylic acids is 1. The third kappa shape index (κ3) is 2.79. The molecule has 1 aromatic heterocycles. The third-order valence-electron chi connectivity index (χ3n) is 2.14. The van der Waals surface area contributed by atoms with Crippen molar-refractivity contribution in [3.8, 4) is 0 Å². The molecule has 1 amide bonds. The maximum absolute atomic E-state index is 11.7. The van der Waals surface area contributed by atoms with E-state index in [2.05, 4.69) is 4.98 Å². The van der Waals surface area contributed by atoms with E-state index in [0.29, 0.717) is 6.54 Å². The normalized spacial score (nSPS) is 9.88. The van der Waals surface area contributed by atoms with Gasteiger partial charge >= 0.3 is 5.97 Å². The van der Waals surface area contributed by atoms with Gasteiger partial charge in [-0.2, -0.15) is 0 Å². The third-order valence-corrected chi connectivity index (χ3v) is 2.14. The molecule has 0 radical (unpaired) electrons. The zero-order chi connectivity index (χ0) is 12.1. The highest BCUT2D eigenvalue weighted by molar-refractivity contribution is 5.93. The minimum absolute atomic E-state index is 0.0784. The van der Waals surface area contributed by atoms with Gasteiger partial charge in [0.1, 0.15) is 5.69 Å². The molecule has 0 atom stereocenters. The molecule has 1 rings (SSSR count). The van der Waals surface area contributed by atoms with Crippen molar-refractivity contribution in [3.05, 3.63) is 29.6 Å². The summed E-state index contributed by atoms with van der Waals surface area (Å²) in [5, 5.41) is 8.67. The molecule has 0 unspecified atom stereocenters. The minimum atomic E-state index is -1.05. The van der Waals surface area contributed by atoms with Crippen LogP contribution in [-0.2, 0) is 0 Å². The van der Waals surface area contributed by atoms with Gasteiger partial charge in [0, 0.05) is 19.8 Å². The van der Waals surface area contributed by atoms with Crippen LogP contribution in [0.5, 0.6) is 0 Å². The van der Waals surface area contributed by atoms with Gasteiger partial charge in [0.2, 0.25) is 0 Å². The van der Waals surface area contributed by atoms with E-state index in [1.54, 1.807) is 11.9 Å². The Morgan fingerprint density at radius 1 is 1.44 bits per heavy atom. The number of amides is 1. The van der Waals surface area contributed by atoms with Crippen LogP contribution in [0.4, 0.5) is 0 Å². The molecule has 0 saturated heterocycles. The summed E-state index contributed by atoms with van der Waals surface area (Å²) < 4.78 is 0. The van der Waals surface area contributed by atoms with Gasteiger partial charge < -0.3 is 10.0 Å². The van der Waals surface area contributed by atoms with E-state index < -0.39 is 5.97 Å². The summed E-state index contributed by atoms with van der Waals surface area (Å²) in [5.74, 6) is -1.24. The number of carbonyl (C=O) groups excluding carboxylic acids is 1. The molecule has 0 aliphatic rings. The van der Waals surface area contributed by atoms with Gasteiger partial charge in [-0.25, -0.2) is 4.79 Å². The molecule has 0 aliphatic heterocycles. The van der Waals surface area contributed by atoms with E-state index in [4.69, 9.17) is 5.11 Å². The first-order valence-electron chi connectivity index (χ1n) is 5.01. The SMILES string of the molecule is CCCN(C)C(=O)c1ccc(C(=O)O)cn1. The fourth-order valence-electron chi connectivity index (χ4n) is 1.28. The lowest BCUT2D eigenvalue weighted by molar-refractivity contribution is 0.0694. The first-order chi connectivity index (χ1) is 7.56. The van der Waals surface area contributed by atoms with Crippen molar-refractivity contribution in [2.24, 2.45) is 0 Å². The number of rotatable bonds is 4. The Hall–Kier alpha value is -1.91. The Balaban J connectivity index is 2.81. The monoisotopic (exact) mass is 222 g/mol. The maximum atomic E-state index is 11.7. The first kappa shape index (κ1) is 12.2. The zero-order valence-corrected chi connectivity index (χ0v) is 9.30. The van der Waals surface area contributed by atoms with Crippen LogP contribution >= 0.6 is 0 Å². The molecular formula is C11H14N2O3. The minimum Gasteiger partial charge on any atom is -0.478 e. The smallest absolute Gasteiger partial charge is 0.337 e. The van der Waals surface area contributed by atoms with Gasteiger partial charge in [0.25, 0.3) is 5.91 Å². The number of aromatic nitrogens is 1. The molecule has 0 aliphatic carbocycles. The molecule has 5 heteroatoms. The Kier molecular flexibility index (Phi) is 3.99. The van der Waals surface area contributed by atoms with E-state index in [-0.39, 0.29) is 17.2 Å². The predicted octanol–water partition coefficient (Wildman–Crippen LogP) is 1.26. The van der Waals surface area contributed by atoms with Crippen molar-refractivity contribution >= 4 is 11.9 Å². The van der Waals surface area contributed by atoms with Gasteiger partial charge in [0.05, 0.1) is 5.56 Å². The maximum Gasteiger partial charge on any atom is 0.337 e. The number of aromatic carboxylic acids is 1. The van der Waals surface area contributed by atoms with Crippen LogP contribution in [0, 0.1) is 0 Å². The summed E-state index contributed by atoms with van der Waals surface area (Å²) in [7, 11) is 1.69. The second-order valence-corrected chi connectivity index (χ2v) is 3.46. The van der Waals surface area contributed by atoms with Crippen LogP contribution in [-0.4, -0.2) is 40.5 Å². The van der Waals surface area contributed by atoms with Crippen LogP contribution < -0.4 is 0 Å². The molecular weight excluding hydrogens is 208 g/mol. The molecule has 1 heterocycles. The fourth-order valence-corrected chi connectivity index (χ4v) is 1.28. The number of pyridine rings is 1. The summed E-state index contributed by atoms with van der Waals surface area (Å²) in [5.41, 5.74) is 0.343. The van der Waals surface area contributed by atoms with Gasteiger partial charge in [-0.05, 0) is 18.6 Å². The van der Waals surface area contributed by atoms with E-state index in [1.807, 2.05) is 6.92 Å². The molecule has 1 aromatic rings. The summed E-state index contributed by atoms with van der Waals surface area (Å²) in [4.78, 5) is 27.7. The predicted molar refractivity (Wildman–Crippen MR) is 58.4 cm³/mol. The quantitative estimate of drug-likeness (QED) is 0.832. The number of carboxylic acid groups (broad SMARTS) is 1. The highest BCUT2D eigenvalue weighted by Crippen LogP contribution is 2.03. The second kappa shape index (κ2) is 5.25. The highest BCUT2D eigenvalue weighted by Gasteiger charge is 2.12. The topological polar surface area (TPSA) is 70.5 Å². The van der Waals surface area contributed by atoms with Crippen molar-refractivity contribution in [1.82, 2.24) is 9.88 Å². The molecule has 5 nitrogen and oxygen atoms in total. The van der Waals surface area contributed by atoms with Crippen molar-refractivity contribution < 1.29 is 14.7 Å². The van der Waals surface area contributed by atoms with E-state index in [1.165, 1.54) is 18.3 Å². The summed E-state index contributed by atoms with van der Waals surface area (Å²) in [6, 6.07) is 2.81. The lowest BCUT2D eigenvalue weighted by atomic mass is 10.2. The van der Waals surface area contributed by atoms with Gasteiger partial charge in [-0.15, -0.1) is 0 Å². The van der Waals surface area contributed by atoms with Crippen LogP contribution in [0.15, 0.2) is 18.3 Å². The number of nitrogens with zero attached hydrogens (tertiary/aromatic N) is 2. The Labute approximate surface area is 93.7 Å². The zero-order valence-electron chi connectivity index (χ0n) is 9.30. The first-order valence-corrected chi connectivity index (χ1v) is 5.01. The molecule has 1 N–H and O–H groups in total. The van der Waals surface area contributed by atoms with Gasteiger partial charge in [-0.3, -0.25) is 9.78 Å². The van der Waals surface area contributed by atoms with Gasteiger partial charge in [0.15, 0.2) is 0 Å². The van der Waals surface area contributed by atoms with Crippen LogP contribution in [0.3, 0.4) is 0 Å². The van der Waals surface area contributed by atoms with E-state index in [0.717, 1.165) is 6.42 Å². The number of carbonyl (C=O) groups is 2. The Bertz CT molecular complexity index is 387. The molecule has 16 heavy (non-hydrogen) atoms. The van der Waals surface area contributed by atoms with Crippen molar-refractivity contribution in [2.75, 3.05) is 13.6 Å². The molecule has 0 aromatic carbocycles. The average molecular weight is 222 g/mol. The summed E-state index contributed by atoms with van der Waals surface area (Å²) >= 11 is 0. The number of hydrogen-bond donors (Lipinski definition) is 1. The van der Waals surface area contributed by atoms with E-state index >= 15 is 0 Å². The lowest BCUT2D eigenvalue weighted by Gasteiger charge is -2.15. The van der Waals surface area contributed by atoms with Gasteiger partial charge in [-0.1, -0.05) is 6.92 Å². The van der Waals surface area contributed by atoms with E-state index in [9.17, 15) is 9.59 Å². The van der Waals surface area contributed by atoms with Crippen molar-refractivity contribution in [1.29, 1.82) is 0 Å². The van der Waals surface area contributed by atoms with Crippen molar-refractivity contribution in [3.63, 3.8) is 0 Å². The lowest BCUT2D eigenvalue weighted by Crippen LogP contribution is -2.28. The highest BCUT2D eigenvalue weighted by atomic mass is 16.4. The summed E-state index contributed by atoms with van der Waals surface area (Å²) in [6.45, 7) is 2.63. The molecule has 0 fully saturated rings. The number of hydrogen-bond acceptors (Lipinski definition) is 3. The van der Waals surface area contributed by atoms with Crippen molar-refractivity contribution in [2.45, 2.75) is 13.3 Å². The standard InChI is InChI=1S/C11H14N2O3/c1-3-6-13(2)10(14)9-5-4-8(7-12-9)11(15)16/h4-5,7H,3,6H2,1-2H3,(H,15,16). The fraction of sp³-hybridized carbons (Fsp3) is 0.364. The van der Waals surface area contributed by atoms with Crippen LogP contribution in [0.2, 0.25) is 0 Å². The Morgan fingerprint density at radius 2 is 2.12 bits per heavy atom. The Morgan fingerprint density at radius 3 is 2.56 bits per heavy atom. The molecule has 0 spiro atoms. The largest absolute Gasteiger partial charge is 0.478 e. The van der Waals surface area contributed by atoms with Crippen LogP contribution in [0.25, 0.3) is 0 Å². The van der Waals surface area contributed by atoms with Crippen LogP contribution in [0.1, 0.15) is 34.2 Å². The molecule has 86 valence electrons. The molecule has 0 bridgehead atoms. The molecule has 0 saturated carbocycles. The average Bonchev–Trinajstić information content (AvgIpc) is 2.28.